The van der Waals surface area contributed by atoms with Gasteiger partial charge in [0.25, 0.3) is 5.91 Å². The Hall–Kier alpha value is -4.90. The summed E-state index contributed by atoms with van der Waals surface area (Å²) in [5.74, 6) is 1.47. The molecule has 3 heterocycles. The molecule has 2 aliphatic rings. The van der Waals surface area contributed by atoms with Crippen LogP contribution in [0.15, 0.2) is 95.4 Å². The molecule has 1 unspecified atom stereocenters. The quantitative estimate of drug-likeness (QED) is 0.182. The number of fused-ring (bicyclic) bond motifs is 2. The molecule has 0 bridgehead atoms. The number of aliphatic hydroxyl groups excluding tert-OH is 1. The molecule has 0 aliphatic carbocycles. The van der Waals surface area contributed by atoms with Crippen LogP contribution in [0.4, 0.5) is 5.69 Å². The van der Waals surface area contributed by atoms with Crippen molar-refractivity contribution < 1.29 is 23.8 Å². The lowest BCUT2D eigenvalue weighted by Gasteiger charge is -2.38. The number of rotatable bonds is 12. The first-order chi connectivity index (χ1) is 25.4. The molecule has 2 fully saturated rings. The second-order valence-corrected chi connectivity index (χ2v) is 13.7. The Kier molecular flexibility index (Phi) is 11.1. The van der Waals surface area contributed by atoms with E-state index in [0.717, 1.165) is 71.5 Å². The highest BCUT2D eigenvalue weighted by Gasteiger charge is 2.27. The van der Waals surface area contributed by atoms with Gasteiger partial charge in [0.15, 0.2) is 0 Å². The number of nitrogens with zero attached hydrogens (tertiary/aromatic N) is 5. The normalized spacial score (nSPS) is 16.4. The third-order valence-electron chi connectivity index (χ3n) is 10.5. The summed E-state index contributed by atoms with van der Waals surface area (Å²) in [6.45, 7) is 13.5. The minimum atomic E-state index is -0.868. The van der Waals surface area contributed by atoms with Gasteiger partial charge in [-0.1, -0.05) is 42.5 Å². The van der Waals surface area contributed by atoms with Crippen molar-refractivity contribution in [3.05, 3.63) is 108 Å². The molecule has 1 atom stereocenters. The lowest BCUT2D eigenvalue weighted by molar-refractivity contribution is -0.134. The number of piperazine rings is 2. The average Bonchev–Trinajstić information content (AvgIpc) is 3.62. The number of hydrogen-bond acceptors (Lipinski definition) is 8. The Labute approximate surface area is 305 Å². The first kappa shape index (κ1) is 35.5. The van der Waals surface area contributed by atoms with Crippen LogP contribution < -0.4 is 9.64 Å². The van der Waals surface area contributed by atoms with Crippen molar-refractivity contribution >= 4 is 39.2 Å². The monoisotopic (exact) mass is 703 g/mol. The number of furan rings is 1. The third-order valence-corrected chi connectivity index (χ3v) is 10.5. The molecule has 52 heavy (non-hydrogen) atoms. The van der Waals surface area contributed by atoms with Crippen LogP contribution in [0.2, 0.25) is 0 Å². The zero-order valence-corrected chi connectivity index (χ0v) is 30.2. The number of carbonyl (C=O) groups excluding carboxylic acids is 2. The average molecular weight is 704 g/mol. The smallest absolute Gasteiger partial charge is 0.253 e. The Morgan fingerprint density at radius 2 is 1.42 bits per heavy atom. The Morgan fingerprint density at radius 1 is 0.750 bits per heavy atom. The number of anilines is 1. The number of aliphatic hydroxyl groups is 1. The van der Waals surface area contributed by atoms with E-state index >= 15 is 0 Å². The summed E-state index contributed by atoms with van der Waals surface area (Å²) < 4.78 is 12.1. The highest BCUT2D eigenvalue weighted by Crippen LogP contribution is 2.31. The summed E-state index contributed by atoms with van der Waals surface area (Å²) in [7, 11) is 0. The van der Waals surface area contributed by atoms with Crippen molar-refractivity contribution in [1.82, 2.24) is 19.6 Å². The molecule has 2 amide bonds. The molecule has 1 aromatic heterocycles. The van der Waals surface area contributed by atoms with Crippen LogP contribution in [-0.2, 0) is 4.79 Å². The lowest BCUT2D eigenvalue weighted by atomic mass is 10.1. The largest absolute Gasteiger partial charge is 0.492 e. The lowest BCUT2D eigenvalue weighted by Crippen LogP contribution is -2.54. The van der Waals surface area contributed by atoms with E-state index in [1.54, 1.807) is 0 Å². The summed E-state index contributed by atoms with van der Waals surface area (Å²) in [5.41, 5.74) is 3.33. The molecule has 2 saturated heterocycles. The van der Waals surface area contributed by atoms with Crippen LogP contribution in [0.1, 0.15) is 41.6 Å². The van der Waals surface area contributed by atoms with Gasteiger partial charge in [-0.15, -0.1) is 0 Å². The van der Waals surface area contributed by atoms with E-state index in [1.165, 1.54) is 0 Å². The number of hydrogen-bond donors (Lipinski definition) is 1. The molecule has 272 valence electrons. The molecule has 0 saturated carbocycles. The Morgan fingerprint density at radius 3 is 2.15 bits per heavy atom. The summed E-state index contributed by atoms with van der Waals surface area (Å²) in [6.07, 6.45) is -0.868. The van der Waals surface area contributed by atoms with E-state index in [9.17, 15) is 14.7 Å². The molecule has 7 rings (SSSR count). The first-order valence-corrected chi connectivity index (χ1v) is 18.6. The van der Waals surface area contributed by atoms with Gasteiger partial charge in [-0.2, -0.15) is 0 Å². The Balaban J connectivity index is 0.810. The molecule has 0 spiro atoms. The maximum atomic E-state index is 13.2. The Bertz CT molecular complexity index is 1970. The fourth-order valence-corrected chi connectivity index (χ4v) is 7.29. The van der Waals surface area contributed by atoms with Crippen molar-refractivity contribution in [2.75, 3.05) is 90.0 Å². The molecular formula is C42H49N5O5. The van der Waals surface area contributed by atoms with Gasteiger partial charge in [-0.3, -0.25) is 19.4 Å². The topological polar surface area (TPSA) is 92.9 Å². The highest BCUT2D eigenvalue weighted by atomic mass is 16.5. The van der Waals surface area contributed by atoms with Gasteiger partial charge < -0.3 is 29.0 Å². The summed E-state index contributed by atoms with van der Waals surface area (Å²) in [4.78, 5) is 36.9. The summed E-state index contributed by atoms with van der Waals surface area (Å²) in [6, 6.07) is 29.5. The predicted octanol–water partition coefficient (Wildman–Crippen LogP) is 5.49. The van der Waals surface area contributed by atoms with Crippen LogP contribution in [0.5, 0.6) is 5.75 Å². The van der Waals surface area contributed by atoms with Gasteiger partial charge in [-0.05, 0) is 72.6 Å². The fraction of sp³-hybridized carbons (Fsp3) is 0.381. The number of amides is 2. The van der Waals surface area contributed by atoms with Gasteiger partial charge >= 0.3 is 0 Å². The van der Waals surface area contributed by atoms with Crippen LogP contribution >= 0.6 is 0 Å². The van der Waals surface area contributed by atoms with E-state index in [0.29, 0.717) is 63.7 Å². The van der Waals surface area contributed by atoms with Crippen molar-refractivity contribution in [1.29, 1.82) is 0 Å². The van der Waals surface area contributed by atoms with Crippen molar-refractivity contribution in [2.24, 2.45) is 0 Å². The van der Waals surface area contributed by atoms with Crippen LogP contribution in [0.25, 0.3) is 21.7 Å². The number of benzene rings is 4. The van der Waals surface area contributed by atoms with Crippen LogP contribution in [-0.4, -0.2) is 122 Å². The van der Waals surface area contributed by atoms with E-state index < -0.39 is 6.10 Å². The van der Waals surface area contributed by atoms with Crippen molar-refractivity contribution in [3.63, 3.8) is 0 Å². The molecule has 10 heteroatoms. The SMILES string of the molecule is CCN(CC)c1ccc2cc(C(O)c3ccc(OCCN4CCN(C(=O)CN5CCN(C(=O)c6ccc7ccccc7c6)CC5)CC4)cc3)oc2c1. The maximum Gasteiger partial charge on any atom is 0.253 e. The van der Waals surface area contributed by atoms with E-state index in [-0.39, 0.29) is 11.8 Å². The van der Waals surface area contributed by atoms with Gasteiger partial charge in [0.05, 0.1) is 6.54 Å². The van der Waals surface area contributed by atoms with Gasteiger partial charge in [0.1, 0.15) is 29.8 Å². The molecule has 2 aliphatic heterocycles. The van der Waals surface area contributed by atoms with Gasteiger partial charge in [0.2, 0.25) is 5.91 Å². The van der Waals surface area contributed by atoms with E-state index in [2.05, 4.69) is 40.7 Å². The fourth-order valence-electron chi connectivity index (χ4n) is 7.29. The highest BCUT2D eigenvalue weighted by molar-refractivity contribution is 5.98. The minimum Gasteiger partial charge on any atom is -0.492 e. The predicted molar refractivity (Wildman–Crippen MR) is 205 cm³/mol. The molecule has 4 aromatic carbocycles. The van der Waals surface area contributed by atoms with Gasteiger partial charge in [0, 0.05) is 94.7 Å². The molecule has 0 radical (unpaired) electrons. The van der Waals surface area contributed by atoms with E-state index in [4.69, 9.17) is 9.15 Å². The standard InChI is InChI=1S/C42H49N5O5/c1-3-45(4-2)36-14-11-34-28-39(52-38(34)29-36)41(49)32-12-15-37(16-13-32)51-26-25-43-17-21-46(22-18-43)40(48)30-44-19-23-47(24-20-44)42(50)35-10-9-31-7-5-6-8-33(31)27-35/h5-16,27-29,41,49H,3-4,17-26,30H2,1-2H3. The second kappa shape index (κ2) is 16.2. The molecule has 10 nitrogen and oxygen atoms in total. The number of ether oxygens (including phenoxy) is 1. The molecule has 5 aromatic rings. The van der Waals surface area contributed by atoms with E-state index in [1.807, 2.05) is 88.7 Å². The van der Waals surface area contributed by atoms with Gasteiger partial charge in [-0.25, -0.2) is 0 Å². The van der Waals surface area contributed by atoms with Crippen molar-refractivity contribution in [2.45, 2.75) is 20.0 Å². The zero-order chi connectivity index (χ0) is 36.0. The number of carbonyl (C=O) groups is 2. The summed E-state index contributed by atoms with van der Waals surface area (Å²) in [5, 5.41) is 14.2. The third kappa shape index (κ3) is 8.09. The van der Waals surface area contributed by atoms with Crippen LogP contribution in [0.3, 0.4) is 0 Å². The second-order valence-electron chi connectivity index (χ2n) is 13.7. The zero-order valence-electron chi connectivity index (χ0n) is 30.2. The summed E-state index contributed by atoms with van der Waals surface area (Å²) >= 11 is 0. The minimum absolute atomic E-state index is 0.0520. The van der Waals surface area contributed by atoms with Crippen molar-refractivity contribution in [3.8, 4) is 5.75 Å². The molecule has 1 N–H and O–H groups in total. The molecular weight excluding hydrogens is 654 g/mol. The van der Waals surface area contributed by atoms with Crippen LogP contribution in [0, 0.1) is 0 Å². The first-order valence-electron chi connectivity index (χ1n) is 18.6. The maximum absolute atomic E-state index is 13.2.